The highest BCUT2D eigenvalue weighted by Gasteiger charge is 2.22. The van der Waals surface area contributed by atoms with E-state index in [9.17, 15) is 9.59 Å². The second kappa shape index (κ2) is 7.64. The summed E-state index contributed by atoms with van der Waals surface area (Å²) in [6.07, 6.45) is 0.567. The molecule has 6 heteroatoms. The molecule has 1 aromatic rings. The maximum absolute atomic E-state index is 12.2. The van der Waals surface area contributed by atoms with Crippen LogP contribution < -0.4 is 10.6 Å². The van der Waals surface area contributed by atoms with E-state index in [4.69, 9.17) is 11.6 Å². The van der Waals surface area contributed by atoms with Gasteiger partial charge in [0.25, 0.3) is 5.91 Å². The number of halogens is 2. The van der Waals surface area contributed by atoms with E-state index in [2.05, 4.69) is 26.6 Å². The molecule has 1 rings (SSSR count). The standard InChI is InChI=1S/C14H18BrClN2O2/c1-8(2)7-11(14(20)17-3)18-13(19)9-5-4-6-10(15)12(9)16/h4-6,8,11H,7H2,1-3H3,(H,17,20)(H,18,19). The Balaban J connectivity index is 2.90. The zero-order valence-corrected chi connectivity index (χ0v) is 14.0. The third-order valence-electron chi connectivity index (χ3n) is 2.77. The lowest BCUT2D eigenvalue weighted by Gasteiger charge is -2.19. The topological polar surface area (TPSA) is 58.2 Å². The summed E-state index contributed by atoms with van der Waals surface area (Å²) >= 11 is 9.35. The van der Waals surface area contributed by atoms with Crippen LogP contribution in [0.4, 0.5) is 0 Å². The third-order valence-corrected chi connectivity index (χ3v) is 4.07. The lowest BCUT2D eigenvalue weighted by Crippen LogP contribution is -2.46. The summed E-state index contributed by atoms with van der Waals surface area (Å²) in [6, 6.07) is 4.53. The highest BCUT2D eigenvalue weighted by atomic mass is 79.9. The Morgan fingerprint density at radius 1 is 1.35 bits per heavy atom. The Morgan fingerprint density at radius 2 is 2.00 bits per heavy atom. The number of benzene rings is 1. The maximum Gasteiger partial charge on any atom is 0.253 e. The minimum atomic E-state index is -0.567. The average Bonchev–Trinajstić information content (AvgIpc) is 2.39. The summed E-state index contributed by atoms with van der Waals surface area (Å²) in [5.41, 5.74) is 0.346. The van der Waals surface area contributed by atoms with Gasteiger partial charge in [-0.15, -0.1) is 0 Å². The van der Waals surface area contributed by atoms with Crippen molar-refractivity contribution in [2.24, 2.45) is 5.92 Å². The van der Waals surface area contributed by atoms with Gasteiger partial charge in [0.2, 0.25) is 5.91 Å². The van der Waals surface area contributed by atoms with Crippen molar-refractivity contribution in [2.75, 3.05) is 7.05 Å². The van der Waals surface area contributed by atoms with Crippen molar-refractivity contribution >= 4 is 39.3 Å². The first-order valence-corrected chi connectivity index (χ1v) is 7.50. The van der Waals surface area contributed by atoms with Gasteiger partial charge >= 0.3 is 0 Å². The normalized spacial score (nSPS) is 12.1. The van der Waals surface area contributed by atoms with Crippen LogP contribution in [0.1, 0.15) is 30.6 Å². The van der Waals surface area contributed by atoms with Crippen LogP contribution in [0.25, 0.3) is 0 Å². The van der Waals surface area contributed by atoms with Crippen LogP contribution in [-0.2, 0) is 4.79 Å². The van der Waals surface area contributed by atoms with Gasteiger partial charge in [0.15, 0.2) is 0 Å². The van der Waals surface area contributed by atoms with Crippen LogP contribution in [0.15, 0.2) is 22.7 Å². The third kappa shape index (κ3) is 4.49. The number of carbonyl (C=O) groups is 2. The molecule has 1 unspecified atom stereocenters. The molecular weight excluding hydrogens is 344 g/mol. The van der Waals surface area contributed by atoms with Crippen molar-refractivity contribution < 1.29 is 9.59 Å². The monoisotopic (exact) mass is 360 g/mol. The van der Waals surface area contributed by atoms with Crippen molar-refractivity contribution in [3.8, 4) is 0 Å². The first-order valence-electron chi connectivity index (χ1n) is 6.33. The Bertz CT molecular complexity index is 506. The molecule has 0 aliphatic carbocycles. The lowest BCUT2D eigenvalue weighted by molar-refractivity contribution is -0.122. The first-order chi connectivity index (χ1) is 9.36. The zero-order valence-electron chi connectivity index (χ0n) is 11.7. The van der Waals surface area contributed by atoms with E-state index >= 15 is 0 Å². The molecule has 0 aliphatic heterocycles. The van der Waals surface area contributed by atoms with Gasteiger partial charge in [-0.1, -0.05) is 31.5 Å². The molecule has 0 spiro atoms. The second-order valence-corrected chi connectivity index (χ2v) is 6.10. The van der Waals surface area contributed by atoms with Gasteiger partial charge in [0.05, 0.1) is 10.6 Å². The minimum absolute atomic E-state index is 0.210. The molecule has 0 radical (unpaired) electrons. The molecule has 0 bridgehead atoms. The molecular formula is C14H18BrClN2O2. The van der Waals surface area contributed by atoms with Gasteiger partial charge in [-0.25, -0.2) is 0 Å². The number of likely N-dealkylation sites (N-methyl/N-ethyl adjacent to an activating group) is 1. The van der Waals surface area contributed by atoms with E-state index in [0.29, 0.717) is 21.5 Å². The van der Waals surface area contributed by atoms with Gasteiger partial charge < -0.3 is 10.6 Å². The highest BCUT2D eigenvalue weighted by Crippen LogP contribution is 2.26. The molecule has 4 nitrogen and oxygen atoms in total. The molecule has 20 heavy (non-hydrogen) atoms. The largest absolute Gasteiger partial charge is 0.357 e. The van der Waals surface area contributed by atoms with Crippen molar-refractivity contribution in [3.05, 3.63) is 33.3 Å². The molecule has 0 saturated carbocycles. The molecule has 0 aromatic heterocycles. The van der Waals surface area contributed by atoms with Crippen LogP contribution in [0.3, 0.4) is 0 Å². The smallest absolute Gasteiger partial charge is 0.253 e. The molecule has 0 fully saturated rings. The average molecular weight is 362 g/mol. The van der Waals surface area contributed by atoms with Gasteiger partial charge in [0.1, 0.15) is 6.04 Å². The maximum atomic E-state index is 12.2. The van der Waals surface area contributed by atoms with E-state index in [0.717, 1.165) is 0 Å². The Kier molecular flexibility index (Phi) is 6.49. The summed E-state index contributed by atoms with van der Waals surface area (Å²) < 4.78 is 0.646. The summed E-state index contributed by atoms with van der Waals surface area (Å²) in [5.74, 6) is -0.278. The van der Waals surface area contributed by atoms with Gasteiger partial charge in [-0.2, -0.15) is 0 Å². The van der Waals surface area contributed by atoms with Crippen LogP contribution in [0.5, 0.6) is 0 Å². The number of hydrogen-bond donors (Lipinski definition) is 2. The summed E-state index contributed by atoms with van der Waals surface area (Å²) in [6.45, 7) is 3.99. The van der Waals surface area contributed by atoms with E-state index < -0.39 is 6.04 Å². The van der Waals surface area contributed by atoms with E-state index in [-0.39, 0.29) is 17.7 Å². The van der Waals surface area contributed by atoms with Crippen LogP contribution in [0.2, 0.25) is 5.02 Å². The van der Waals surface area contributed by atoms with Crippen LogP contribution in [-0.4, -0.2) is 24.9 Å². The molecule has 110 valence electrons. The van der Waals surface area contributed by atoms with E-state index in [1.807, 2.05) is 13.8 Å². The van der Waals surface area contributed by atoms with Gasteiger partial charge in [0, 0.05) is 11.5 Å². The molecule has 2 N–H and O–H groups in total. The van der Waals surface area contributed by atoms with Crippen LogP contribution >= 0.6 is 27.5 Å². The quantitative estimate of drug-likeness (QED) is 0.847. The summed E-state index contributed by atoms with van der Waals surface area (Å²) in [4.78, 5) is 24.0. The molecule has 2 amide bonds. The Labute approximate surface area is 132 Å². The fraction of sp³-hybridized carbons (Fsp3) is 0.429. The first kappa shape index (κ1) is 17.0. The van der Waals surface area contributed by atoms with Crippen molar-refractivity contribution in [1.29, 1.82) is 0 Å². The van der Waals surface area contributed by atoms with E-state index in [1.54, 1.807) is 25.2 Å². The van der Waals surface area contributed by atoms with Gasteiger partial charge in [-0.05, 0) is 40.4 Å². The number of amides is 2. The lowest BCUT2D eigenvalue weighted by atomic mass is 10.0. The van der Waals surface area contributed by atoms with Crippen LogP contribution in [0, 0.1) is 5.92 Å². The number of nitrogens with one attached hydrogen (secondary N) is 2. The number of hydrogen-bond acceptors (Lipinski definition) is 2. The van der Waals surface area contributed by atoms with E-state index in [1.165, 1.54) is 0 Å². The molecule has 1 aromatic carbocycles. The van der Waals surface area contributed by atoms with Crippen molar-refractivity contribution in [3.63, 3.8) is 0 Å². The molecule has 1 atom stereocenters. The van der Waals surface area contributed by atoms with Crippen molar-refractivity contribution in [2.45, 2.75) is 26.3 Å². The Morgan fingerprint density at radius 3 is 2.55 bits per heavy atom. The SMILES string of the molecule is CNC(=O)C(CC(C)C)NC(=O)c1cccc(Br)c1Cl. The minimum Gasteiger partial charge on any atom is -0.357 e. The fourth-order valence-corrected chi connectivity index (χ4v) is 2.37. The summed E-state index contributed by atoms with van der Waals surface area (Å²) in [5, 5.41) is 5.62. The van der Waals surface area contributed by atoms with Gasteiger partial charge in [-0.3, -0.25) is 9.59 Å². The van der Waals surface area contributed by atoms with Crippen molar-refractivity contribution in [1.82, 2.24) is 10.6 Å². The molecule has 0 aliphatic rings. The molecule has 0 saturated heterocycles. The predicted octanol–water partition coefficient (Wildman–Crippen LogP) is 2.99. The fourth-order valence-electron chi connectivity index (χ4n) is 1.79. The summed E-state index contributed by atoms with van der Waals surface area (Å²) in [7, 11) is 1.55. The number of rotatable bonds is 5. The highest BCUT2D eigenvalue weighted by molar-refractivity contribution is 9.10. The second-order valence-electron chi connectivity index (χ2n) is 4.87. The zero-order chi connectivity index (χ0) is 15.3. The Hall–Kier alpha value is -1.07. The number of carbonyl (C=O) groups excluding carboxylic acids is 2. The predicted molar refractivity (Wildman–Crippen MR) is 83.9 cm³/mol. The molecule has 0 heterocycles.